The summed E-state index contributed by atoms with van der Waals surface area (Å²) in [6, 6.07) is 10.1. The number of benzene rings is 1. The van der Waals surface area contributed by atoms with Crippen LogP contribution in [-0.4, -0.2) is 40.0 Å². The van der Waals surface area contributed by atoms with E-state index >= 15 is 0 Å². The molecule has 1 atom stereocenters. The van der Waals surface area contributed by atoms with Gasteiger partial charge in [-0.2, -0.15) is 0 Å². The molecule has 0 unspecified atom stereocenters. The van der Waals surface area contributed by atoms with E-state index in [2.05, 4.69) is 46.4 Å². The summed E-state index contributed by atoms with van der Waals surface area (Å²) in [5, 5.41) is 2.94. The van der Waals surface area contributed by atoms with Crippen molar-refractivity contribution < 1.29 is 4.79 Å². The Morgan fingerprint density at radius 2 is 2.16 bits per heavy atom. The van der Waals surface area contributed by atoms with Gasteiger partial charge < -0.3 is 5.32 Å². The van der Waals surface area contributed by atoms with Gasteiger partial charge in [0, 0.05) is 32.0 Å². The van der Waals surface area contributed by atoms with Crippen molar-refractivity contribution in [1.29, 1.82) is 0 Å². The number of amides is 1. The van der Waals surface area contributed by atoms with Gasteiger partial charge in [0.05, 0.1) is 0 Å². The van der Waals surface area contributed by atoms with Crippen LogP contribution < -0.4 is 11.0 Å². The summed E-state index contributed by atoms with van der Waals surface area (Å²) < 4.78 is 1.31. The molecule has 0 saturated carbocycles. The van der Waals surface area contributed by atoms with Crippen molar-refractivity contribution >= 4 is 5.91 Å². The Kier molecular flexibility index (Phi) is 5.60. The van der Waals surface area contributed by atoms with Crippen LogP contribution in [0.2, 0.25) is 0 Å². The Bertz CT molecular complexity index is 787. The third-order valence-corrected chi connectivity index (χ3v) is 4.71. The van der Waals surface area contributed by atoms with E-state index in [0.29, 0.717) is 12.5 Å². The maximum atomic E-state index is 12.0. The highest BCUT2D eigenvalue weighted by atomic mass is 16.2. The van der Waals surface area contributed by atoms with E-state index in [0.717, 1.165) is 26.1 Å². The Morgan fingerprint density at radius 1 is 1.32 bits per heavy atom. The number of carbonyl (C=O) groups excluding carboxylic acids is 1. The van der Waals surface area contributed by atoms with Gasteiger partial charge in [0.25, 0.3) is 0 Å². The monoisotopic (exact) mass is 340 g/mol. The summed E-state index contributed by atoms with van der Waals surface area (Å²) in [5.74, 6) is 0.311. The SMILES string of the molecule is Cc1ccccc1CN1CC[C@H](CNC(=O)Cn2cccnc2=O)C1. The standard InChI is InChI=1S/C19H24N4O2/c1-15-5-2-3-6-17(15)13-22-10-7-16(12-22)11-21-18(24)14-23-9-4-8-20-19(23)25/h2-6,8-9,16H,7,10-14H2,1H3,(H,21,24)/t16-/m1/s1. The second kappa shape index (κ2) is 8.07. The van der Waals surface area contributed by atoms with Crippen molar-refractivity contribution in [2.75, 3.05) is 19.6 Å². The van der Waals surface area contributed by atoms with Crippen LogP contribution in [0.15, 0.2) is 47.5 Å². The molecule has 0 aliphatic carbocycles. The molecule has 0 bridgehead atoms. The van der Waals surface area contributed by atoms with Gasteiger partial charge in [-0.05, 0) is 43.0 Å². The van der Waals surface area contributed by atoms with Gasteiger partial charge in [0.1, 0.15) is 6.54 Å². The molecule has 1 amide bonds. The lowest BCUT2D eigenvalue weighted by Gasteiger charge is -2.17. The van der Waals surface area contributed by atoms with Crippen LogP contribution in [0.25, 0.3) is 0 Å². The predicted octanol–water partition coefficient (Wildman–Crippen LogP) is 1.19. The number of aromatic nitrogens is 2. The van der Waals surface area contributed by atoms with Crippen LogP contribution in [0.5, 0.6) is 0 Å². The van der Waals surface area contributed by atoms with Gasteiger partial charge in [-0.1, -0.05) is 24.3 Å². The first-order valence-electron chi connectivity index (χ1n) is 8.67. The number of nitrogens with one attached hydrogen (secondary N) is 1. The van der Waals surface area contributed by atoms with E-state index < -0.39 is 5.69 Å². The van der Waals surface area contributed by atoms with Gasteiger partial charge in [-0.25, -0.2) is 9.78 Å². The van der Waals surface area contributed by atoms with E-state index in [-0.39, 0.29) is 12.5 Å². The van der Waals surface area contributed by atoms with E-state index in [1.54, 1.807) is 12.3 Å². The van der Waals surface area contributed by atoms with E-state index in [9.17, 15) is 9.59 Å². The van der Waals surface area contributed by atoms with Crippen LogP contribution >= 0.6 is 0 Å². The molecule has 3 rings (SSSR count). The first-order chi connectivity index (χ1) is 12.1. The first kappa shape index (κ1) is 17.4. The summed E-state index contributed by atoms with van der Waals surface area (Å²) in [7, 11) is 0. The van der Waals surface area contributed by atoms with Crippen molar-refractivity contribution in [2.45, 2.75) is 26.4 Å². The molecule has 1 N–H and O–H groups in total. The van der Waals surface area contributed by atoms with E-state index in [4.69, 9.17) is 0 Å². The Labute approximate surface area is 147 Å². The summed E-state index contributed by atoms with van der Waals surface area (Å²) in [6.45, 7) is 5.81. The largest absolute Gasteiger partial charge is 0.354 e. The molecule has 1 aliphatic heterocycles. The Balaban J connectivity index is 1.44. The molecular formula is C19H24N4O2. The summed E-state index contributed by atoms with van der Waals surface area (Å²) in [5.41, 5.74) is 2.28. The fraction of sp³-hybridized carbons (Fsp3) is 0.421. The van der Waals surface area contributed by atoms with Gasteiger partial charge >= 0.3 is 5.69 Å². The number of rotatable bonds is 6. The molecule has 2 aromatic rings. The van der Waals surface area contributed by atoms with Crippen molar-refractivity contribution in [3.05, 3.63) is 64.3 Å². The molecule has 132 valence electrons. The fourth-order valence-corrected chi connectivity index (χ4v) is 3.23. The van der Waals surface area contributed by atoms with Crippen molar-refractivity contribution in [3.8, 4) is 0 Å². The van der Waals surface area contributed by atoms with Gasteiger partial charge in [0.2, 0.25) is 5.91 Å². The zero-order chi connectivity index (χ0) is 17.6. The molecule has 1 fully saturated rings. The van der Waals surface area contributed by atoms with Crippen molar-refractivity contribution in [2.24, 2.45) is 5.92 Å². The zero-order valence-corrected chi connectivity index (χ0v) is 14.5. The Morgan fingerprint density at radius 3 is 2.96 bits per heavy atom. The van der Waals surface area contributed by atoms with Crippen molar-refractivity contribution in [1.82, 2.24) is 19.8 Å². The molecule has 1 aliphatic rings. The smallest absolute Gasteiger partial charge is 0.347 e. The molecule has 25 heavy (non-hydrogen) atoms. The molecule has 1 aromatic heterocycles. The van der Waals surface area contributed by atoms with E-state index in [1.165, 1.54) is 21.9 Å². The third-order valence-electron chi connectivity index (χ3n) is 4.71. The molecule has 1 aromatic carbocycles. The normalized spacial score (nSPS) is 17.6. The minimum absolute atomic E-state index is 0.0202. The van der Waals surface area contributed by atoms with Crippen LogP contribution in [0, 0.1) is 12.8 Å². The maximum Gasteiger partial charge on any atom is 0.347 e. The molecular weight excluding hydrogens is 316 g/mol. The lowest BCUT2D eigenvalue weighted by molar-refractivity contribution is -0.121. The predicted molar refractivity (Wildman–Crippen MR) is 96.1 cm³/mol. The highest BCUT2D eigenvalue weighted by molar-refractivity contribution is 5.75. The summed E-state index contributed by atoms with van der Waals surface area (Å²) in [4.78, 5) is 29.6. The second-order valence-corrected chi connectivity index (χ2v) is 6.65. The highest BCUT2D eigenvalue weighted by Crippen LogP contribution is 2.19. The molecule has 6 heteroatoms. The van der Waals surface area contributed by atoms with Crippen LogP contribution in [0.1, 0.15) is 17.5 Å². The fourth-order valence-electron chi connectivity index (χ4n) is 3.23. The number of likely N-dealkylation sites (tertiary alicyclic amines) is 1. The lowest BCUT2D eigenvalue weighted by Crippen LogP contribution is -2.36. The minimum atomic E-state index is -0.400. The van der Waals surface area contributed by atoms with Crippen LogP contribution in [-0.2, 0) is 17.9 Å². The summed E-state index contributed by atoms with van der Waals surface area (Å²) >= 11 is 0. The molecule has 1 saturated heterocycles. The number of nitrogens with zero attached hydrogens (tertiary/aromatic N) is 3. The zero-order valence-electron chi connectivity index (χ0n) is 14.5. The number of aryl methyl sites for hydroxylation is 1. The quantitative estimate of drug-likeness (QED) is 0.858. The highest BCUT2D eigenvalue weighted by Gasteiger charge is 2.23. The number of hydrogen-bond acceptors (Lipinski definition) is 4. The third kappa shape index (κ3) is 4.76. The first-order valence-corrected chi connectivity index (χ1v) is 8.67. The van der Waals surface area contributed by atoms with Gasteiger partial charge in [0.15, 0.2) is 0 Å². The minimum Gasteiger partial charge on any atom is -0.354 e. The van der Waals surface area contributed by atoms with Crippen LogP contribution in [0.4, 0.5) is 0 Å². The molecule has 0 spiro atoms. The molecule has 0 radical (unpaired) electrons. The molecule has 6 nitrogen and oxygen atoms in total. The van der Waals surface area contributed by atoms with Gasteiger partial charge in [-0.15, -0.1) is 0 Å². The van der Waals surface area contributed by atoms with E-state index in [1.807, 2.05) is 0 Å². The summed E-state index contributed by atoms with van der Waals surface area (Å²) in [6.07, 6.45) is 4.09. The van der Waals surface area contributed by atoms with Crippen molar-refractivity contribution in [3.63, 3.8) is 0 Å². The second-order valence-electron chi connectivity index (χ2n) is 6.65. The Hall–Kier alpha value is -2.47. The lowest BCUT2D eigenvalue weighted by atomic mass is 10.1. The van der Waals surface area contributed by atoms with Crippen LogP contribution in [0.3, 0.4) is 0 Å². The molecule has 2 heterocycles. The number of carbonyl (C=O) groups is 1. The maximum absolute atomic E-state index is 12.0. The average Bonchev–Trinajstić information content (AvgIpc) is 3.05. The number of hydrogen-bond donors (Lipinski definition) is 1. The van der Waals surface area contributed by atoms with Gasteiger partial charge in [-0.3, -0.25) is 14.3 Å². The average molecular weight is 340 g/mol. The topological polar surface area (TPSA) is 67.2 Å².